The van der Waals surface area contributed by atoms with Crippen molar-refractivity contribution in [3.63, 3.8) is 0 Å². The van der Waals surface area contributed by atoms with Crippen LogP contribution >= 0.6 is 22.9 Å². The first-order chi connectivity index (χ1) is 9.69. The van der Waals surface area contributed by atoms with Gasteiger partial charge in [-0.25, -0.2) is 4.98 Å². The number of methoxy groups -OCH3 is 1. The van der Waals surface area contributed by atoms with Gasteiger partial charge in [-0.1, -0.05) is 4.49 Å². The summed E-state index contributed by atoms with van der Waals surface area (Å²) in [7, 11) is 1.37. The molecule has 0 spiro atoms. The van der Waals surface area contributed by atoms with Gasteiger partial charge < -0.3 is 4.74 Å². The van der Waals surface area contributed by atoms with Gasteiger partial charge in [0, 0.05) is 11.8 Å². The zero-order valence-corrected chi connectivity index (χ0v) is 12.3. The van der Waals surface area contributed by atoms with Crippen LogP contribution in [0.5, 0.6) is 0 Å². The molecule has 7 nitrogen and oxygen atoms in total. The van der Waals surface area contributed by atoms with Crippen molar-refractivity contribution in [2.45, 2.75) is 19.3 Å². The summed E-state index contributed by atoms with van der Waals surface area (Å²) in [4.78, 5) is 27.4. The molecular weight excluding hydrogens is 300 g/mol. The van der Waals surface area contributed by atoms with Crippen LogP contribution in [0.1, 0.15) is 28.2 Å². The molecule has 0 unspecified atom stereocenters. The number of anilines is 1. The second kappa shape index (κ2) is 7.06. The number of hydrogen-bond acceptors (Lipinski definition) is 8. The fraction of sp³-hybridized carbons (Fsp3) is 0.364. The highest BCUT2D eigenvalue weighted by atomic mass is 32.1. The van der Waals surface area contributed by atoms with E-state index in [1.165, 1.54) is 24.6 Å². The van der Waals surface area contributed by atoms with E-state index in [4.69, 9.17) is 0 Å². The van der Waals surface area contributed by atoms with E-state index in [0.717, 1.165) is 17.2 Å². The van der Waals surface area contributed by atoms with Crippen molar-refractivity contribution < 1.29 is 14.3 Å². The van der Waals surface area contributed by atoms with E-state index in [9.17, 15) is 9.59 Å². The van der Waals surface area contributed by atoms with Crippen molar-refractivity contribution in [2.75, 3.05) is 12.4 Å². The Balaban J connectivity index is 1.83. The van der Waals surface area contributed by atoms with Crippen LogP contribution in [-0.2, 0) is 16.0 Å². The van der Waals surface area contributed by atoms with Gasteiger partial charge in [-0.05, 0) is 24.4 Å². The predicted molar refractivity (Wildman–Crippen MR) is 74.9 cm³/mol. The van der Waals surface area contributed by atoms with E-state index < -0.39 is 0 Å². The number of esters is 1. The third-order valence-corrected chi connectivity index (χ3v) is 3.87. The number of amides is 1. The van der Waals surface area contributed by atoms with Crippen molar-refractivity contribution in [3.05, 3.63) is 22.1 Å². The lowest BCUT2D eigenvalue weighted by molar-refractivity contribution is -0.140. The molecule has 2 heterocycles. The average molecular weight is 312 g/mol. The predicted octanol–water partition coefficient (Wildman–Crippen LogP) is 1.74. The van der Waals surface area contributed by atoms with Crippen LogP contribution in [0.4, 0.5) is 5.13 Å². The fourth-order valence-corrected chi connectivity index (χ4v) is 2.57. The molecule has 1 amide bonds. The Bertz CT molecular complexity index is 582. The van der Waals surface area contributed by atoms with Crippen molar-refractivity contribution in [2.24, 2.45) is 0 Å². The first-order valence-corrected chi connectivity index (χ1v) is 7.44. The SMILES string of the molecule is COC(=O)CCCc1csc(NC(=O)c2cnns2)n1. The molecule has 0 saturated heterocycles. The first-order valence-electron chi connectivity index (χ1n) is 5.79. The summed E-state index contributed by atoms with van der Waals surface area (Å²) in [6.07, 6.45) is 3.11. The third-order valence-electron chi connectivity index (χ3n) is 2.40. The zero-order valence-electron chi connectivity index (χ0n) is 10.7. The normalized spacial score (nSPS) is 10.2. The molecule has 0 aromatic carbocycles. The van der Waals surface area contributed by atoms with Crippen LogP contribution < -0.4 is 5.32 Å². The van der Waals surface area contributed by atoms with Crippen LogP contribution in [0.25, 0.3) is 0 Å². The standard InChI is InChI=1S/C11H12N4O3S2/c1-18-9(16)4-2-3-7-6-19-11(13-7)14-10(17)8-5-12-15-20-8/h5-6H,2-4H2,1H3,(H,13,14,17). The summed E-state index contributed by atoms with van der Waals surface area (Å²) >= 11 is 2.37. The van der Waals surface area contributed by atoms with E-state index in [2.05, 4.69) is 24.6 Å². The Labute approximate surface area is 123 Å². The maximum absolute atomic E-state index is 11.8. The van der Waals surface area contributed by atoms with Crippen molar-refractivity contribution in [1.29, 1.82) is 0 Å². The molecule has 2 aromatic heterocycles. The Kier molecular flexibility index (Phi) is 5.13. The summed E-state index contributed by atoms with van der Waals surface area (Å²) in [5, 5.41) is 8.67. The number of thiazole rings is 1. The number of ether oxygens (including phenoxy) is 1. The van der Waals surface area contributed by atoms with Gasteiger partial charge in [0.05, 0.1) is 19.0 Å². The van der Waals surface area contributed by atoms with Gasteiger partial charge in [-0.15, -0.1) is 16.4 Å². The molecule has 2 aromatic rings. The molecular formula is C11H12N4O3S2. The number of hydrogen-bond donors (Lipinski definition) is 1. The van der Waals surface area contributed by atoms with E-state index in [1.54, 1.807) is 0 Å². The minimum absolute atomic E-state index is 0.230. The molecule has 0 aliphatic rings. The highest BCUT2D eigenvalue weighted by Gasteiger charge is 2.11. The smallest absolute Gasteiger partial charge is 0.305 e. The Morgan fingerprint density at radius 2 is 2.30 bits per heavy atom. The van der Waals surface area contributed by atoms with Crippen LogP contribution in [0, 0.1) is 0 Å². The summed E-state index contributed by atoms with van der Waals surface area (Å²) in [5.41, 5.74) is 0.844. The molecule has 0 aliphatic carbocycles. The van der Waals surface area contributed by atoms with E-state index in [-0.39, 0.29) is 11.9 Å². The second-order valence-electron chi connectivity index (χ2n) is 3.81. The maximum atomic E-state index is 11.8. The van der Waals surface area contributed by atoms with E-state index in [1.807, 2.05) is 5.38 Å². The van der Waals surface area contributed by atoms with Crippen molar-refractivity contribution >= 4 is 39.9 Å². The quantitative estimate of drug-likeness (QED) is 0.817. The topological polar surface area (TPSA) is 94.1 Å². The van der Waals surface area contributed by atoms with Gasteiger partial charge in [0.25, 0.3) is 5.91 Å². The largest absolute Gasteiger partial charge is 0.469 e. The van der Waals surface area contributed by atoms with Crippen LogP contribution in [0.15, 0.2) is 11.6 Å². The molecule has 106 valence electrons. The Hall–Kier alpha value is -1.87. The Morgan fingerprint density at radius 1 is 1.45 bits per heavy atom. The highest BCUT2D eigenvalue weighted by Crippen LogP contribution is 2.18. The van der Waals surface area contributed by atoms with E-state index >= 15 is 0 Å². The molecule has 0 aliphatic heterocycles. The Morgan fingerprint density at radius 3 is 3.00 bits per heavy atom. The molecule has 2 rings (SSSR count). The van der Waals surface area contributed by atoms with E-state index in [0.29, 0.717) is 29.3 Å². The minimum atomic E-state index is -0.268. The van der Waals surface area contributed by atoms with Gasteiger partial charge in [0.2, 0.25) is 0 Å². The monoisotopic (exact) mass is 312 g/mol. The van der Waals surface area contributed by atoms with Crippen molar-refractivity contribution in [1.82, 2.24) is 14.6 Å². The van der Waals surface area contributed by atoms with Crippen LogP contribution in [-0.4, -0.2) is 33.6 Å². The highest BCUT2D eigenvalue weighted by molar-refractivity contribution is 7.14. The lowest BCUT2D eigenvalue weighted by Crippen LogP contribution is -2.10. The molecule has 0 saturated carbocycles. The van der Waals surface area contributed by atoms with Crippen molar-refractivity contribution in [3.8, 4) is 0 Å². The lowest BCUT2D eigenvalue weighted by Gasteiger charge is -1.98. The molecule has 0 fully saturated rings. The summed E-state index contributed by atoms with van der Waals surface area (Å²) in [5.74, 6) is -0.498. The number of aromatic nitrogens is 3. The van der Waals surface area contributed by atoms with Gasteiger partial charge in [-0.3, -0.25) is 14.9 Å². The van der Waals surface area contributed by atoms with Gasteiger partial charge in [0.15, 0.2) is 5.13 Å². The molecule has 0 bridgehead atoms. The number of nitrogens with zero attached hydrogens (tertiary/aromatic N) is 3. The minimum Gasteiger partial charge on any atom is -0.469 e. The first kappa shape index (κ1) is 14.5. The van der Waals surface area contributed by atoms with Gasteiger partial charge >= 0.3 is 5.97 Å². The maximum Gasteiger partial charge on any atom is 0.305 e. The second-order valence-corrected chi connectivity index (χ2v) is 5.45. The molecule has 0 radical (unpaired) electrons. The number of carbonyl (C=O) groups is 2. The lowest BCUT2D eigenvalue weighted by atomic mass is 10.2. The number of carbonyl (C=O) groups excluding carboxylic acids is 2. The third kappa shape index (κ3) is 4.07. The number of aryl methyl sites for hydroxylation is 1. The fourth-order valence-electron chi connectivity index (χ4n) is 1.42. The summed E-state index contributed by atoms with van der Waals surface area (Å²) < 4.78 is 8.19. The molecule has 9 heteroatoms. The zero-order chi connectivity index (χ0) is 14.4. The molecule has 0 atom stereocenters. The number of rotatable bonds is 6. The summed E-state index contributed by atoms with van der Waals surface area (Å²) in [6.45, 7) is 0. The average Bonchev–Trinajstić information content (AvgIpc) is 3.10. The van der Waals surface area contributed by atoms with Gasteiger partial charge in [-0.2, -0.15) is 0 Å². The molecule has 1 N–H and O–H groups in total. The number of nitrogens with one attached hydrogen (secondary N) is 1. The summed E-state index contributed by atoms with van der Waals surface area (Å²) in [6, 6.07) is 0. The molecule has 20 heavy (non-hydrogen) atoms. The van der Waals surface area contributed by atoms with Crippen LogP contribution in [0.3, 0.4) is 0 Å². The van der Waals surface area contributed by atoms with Gasteiger partial charge in [0.1, 0.15) is 4.88 Å². The van der Waals surface area contributed by atoms with Crippen LogP contribution in [0.2, 0.25) is 0 Å².